The summed E-state index contributed by atoms with van der Waals surface area (Å²) in [6, 6.07) is 15.9. The molecule has 1 fully saturated rings. The van der Waals surface area contributed by atoms with Crippen molar-refractivity contribution in [3.8, 4) is 0 Å². The molecule has 1 heterocycles. The van der Waals surface area contributed by atoms with E-state index in [1.165, 1.54) is 4.90 Å². The van der Waals surface area contributed by atoms with Crippen LogP contribution < -0.4 is 0 Å². The van der Waals surface area contributed by atoms with Gasteiger partial charge in [-0.1, -0.05) is 60.2 Å². The Bertz CT molecular complexity index is 856. The van der Waals surface area contributed by atoms with Gasteiger partial charge in [0.05, 0.1) is 11.6 Å². The number of benzene rings is 2. The topological polar surface area (TPSA) is 66.8 Å². The Balaban J connectivity index is 2.09. The molecule has 0 aromatic heterocycles. The number of rotatable bonds is 6. The van der Waals surface area contributed by atoms with E-state index < -0.39 is 17.7 Å². The van der Waals surface area contributed by atoms with Crippen LogP contribution in [0.3, 0.4) is 0 Å². The van der Waals surface area contributed by atoms with Crippen molar-refractivity contribution in [1.82, 2.24) is 4.90 Å². The maximum absolute atomic E-state index is 12.8. The highest BCUT2D eigenvalue weighted by Gasteiger charge is 2.45. The first-order valence-electron chi connectivity index (χ1n) is 8.94. The molecule has 27 heavy (non-hydrogen) atoms. The van der Waals surface area contributed by atoms with E-state index in [0.29, 0.717) is 25.1 Å². The van der Waals surface area contributed by atoms with Crippen molar-refractivity contribution in [2.45, 2.75) is 19.4 Å². The number of hydrogen-bond acceptors (Lipinski definition) is 4. The minimum Gasteiger partial charge on any atom is -0.507 e. The number of nitrogens with zero attached hydrogens (tertiary/aromatic N) is 1. The van der Waals surface area contributed by atoms with Crippen LogP contribution in [-0.4, -0.2) is 42.0 Å². The number of ketones is 1. The minimum absolute atomic E-state index is 0.132. The largest absolute Gasteiger partial charge is 0.507 e. The van der Waals surface area contributed by atoms with Gasteiger partial charge in [-0.15, -0.1) is 0 Å². The highest BCUT2D eigenvalue weighted by molar-refractivity contribution is 6.46. The van der Waals surface area contributed by atoms with Crippen molar-refractivity contribution >= 4 is 17.4 Å². The molecule has 1 saturated heterocycles. The van der Waals surface area contributed by atoms with Gasteiger partial charge in [0.25, 0.3) is 11.7 Å². The summed E-state index contributed by atoms with van der Waals surface area (Å²) in [4.78, 5) is 27.0. The SMILES string of the molecule is COCCCN1C(=O)C(=O)C(=C(O)c2ccc(C)cc2)[C@H]1c1ccccc1. The molecule has 5 heteroatoms. The molecule has 3 rings (SSSR count). The van der Waals surface area contributed by atoms with Gasteiger partial charge in [0.15, 0.2) is 0 Å². The average molecular weight is 365 g/mol. The number of aryl methyl sites for hydroxylation is 1. The number of amides is 1. The summed E-state index contributed by atoms with van der Waals surface area (Å²) < 4.78 is 5.08. The van der Waals surface area contributed by atoms with Crippen molar-refractivity contribution in [3.05, 3.63) is 76.9 Å². The Morgan fingerprint density at radius 1 is 1.07 bits per heavy atom. The van der Waals surface area contributed by atoms with Crippen molar-refractivity contribution in [1.29, 1.82) is 0 Å². The van der Waals surface area contributed by atoms with Crippen LogP contribution in [0.5, 0.6) is 0 Å². The van der Waals surface area contributed by atoms with E-state index in [1.54, 1.807) is 19.2 Å². The first kappa shape index (κ1) is 18.9. The monoisotopic (exact) mass is 365 g/mol. The molecule has 1 aliphatic heterocycles. The van der Waals surface area contributed by atoms with Gasteiger partial charge in [-0.05, 0) is 18.9 Å². The molecule has 0 saturated carbocycles. The van der Waals surface area contributed by atoms with Crippen LogP contribution in [0.15, 0.2) is 60.2 Å². The molecule has 2 aromatic carbocycles. The third-order valence-electron chi connectivity index (χ3n) is 4.73. The summed E-state index contributed by atoms with van der Waals surface area (Å²) in [7, 11) is 1.60. The van der Waals surface area contributed by atoms with Crippen molar-refractivity contribution in [2.24, 2.45) is 0 Å². The zero-order valence-corrected chi connectivity index (χ0v) is 15.5. The summed E-state index contributed by atoms with van der Waals surface area (Å²) >= 11 is 0. The van der Waals surface area contributed by atoms with Gasteiger partial charge in [0.2, 0.25) is 0 Å². The Hall–Kier alpha value is -2.92. The lowest BCUT2D eigenvalue weighted by Crippen LogP contribution is -2.31. The van der Waals surface area contributed by atoms with Gasteiger partial charge in [-0.25, -0.2) is 0 Å². The number of aliphatic hydroxyl groups is 1. The molecule has 1 amide bonds. The number of carbonyl (C=O) groups is 2. The summed E-state index contributed by atoms with van der Waals surface area (Å²) in [5.41, 5.74) is 2.50. The molecule has 5 nitrogen and oxygen atoms in total. The van der Waals surface area contributed by atoms with Crippen LogP contribution in [0, 0.1) is 6.92 Å². The maximum Gasteiger partial charge on any atom is 0.295 e. The van der Waals surface area contributed by atoms with Gasteiger partial charge in [-0.2, -0.15) is 0 Å². The summed E-state index contributed by atoms with van der Waals surface area (Å²) in [6.45, 7) is 2.81. The van der Waals surface area contributed by atoms with Crippen LogP contribution in [0.1, 0.15) is 29.2 Å². The Labute approximate surface area is 158 Å². The Kier molecular flexibility index (Phi) is 5.72. The molecule has 140 valence electrons. The van der Waals surface area contributed by atoms with Crippen LogP contribution in [-0.2, 0) is 14.3 Å². The fourth-order valence-electron chi connectivity index (χ4n) is 3.34. The quantitative estimate of drug-likeness (QED) is 0.368. The zero-order chi connectivity index (χ0) is 19.4. The number of carbonyl (C=O) groups excluding carboxylic acids is 2. The summed E-state index contributed by atoms with van der Waals surface area (Å²) in [5, 5.41) is 10.9. The van der Waals surface area contributed by atoms with Gasteiger partial charge < -0.3 is 14.7 Å². The van der Waals surface area contributed by atoms with Crippen molar-refractivity contribution < 1.29 is 19.4 Å². The molecule has 0 radical (unpaired) electrons. The number of methoxy groups -OCH3 is 1. The van der Waals surface area contributed by atoms with Gasteiger partial charge in [0.1, 0.15) is 5.76 Å². The number of ether oxygens (including phenoxy) is 1. The molecule has 1 N–H and O–H groups in total. The van der Waals surface area contributed by atoms with E-state index in [2.05, 4.69) is 0 Å². The molecule has 0 aliphatic carbocycles. The van der Waals surface area contributed by atoms with Gasteiger partial charge in [0, 0.05) is 25.8 Å². The molecular formula is C22H23NO4. The average Bonchev–Trinajstić information content (AvgIpc) is 2.94. The number of hydrogen-bond donors (Lipinski definition) is 1. The molecular weight excluding hydrogens is 342 g/mol. The fourth-order valence-corrected chi connectivity index (χ4v) is 3.34. The van der Waals surface area contributed by atoms with Gasteiger partial charge in [-0.3, -0.25) is 9.59 Å². The summed E-state index contributed by atoms with van der Waals surface area (Å²) in [6.07, 6.45) is 0.609. The maximum atomic E-state index is 12.8. The van der Waals surface area contributed by atoms with E-state index in [9.17, 15) is 14.7 Å². The minimum atomic E-state index is -0.653. The van der Waals surface area contributed by atoms with Crippen LogP contribution in [0.25, 0.3) is 5.76 Å². The number of Topliss-reactive ketones (excluding diaryl/α,β-unsaturated/α-hetero) is 1. The van der Waals surface area contributed by atoms with E-state index in [4.69, 9.17) is 4.74 Å². The molecule has 0 bridgehead atoms. The third-order valence-corrected chi connectivity index (χ3v) is 4.73. The van der Waals surface area contributed by atoms with Crippen LogP contribution in [0.2, 0.25) is 0 Å². The number of likely N-dealkylation sites (tertiary alicyclic amines) is 1. The van der Waals surface area contributed by atoms with E-state index in [0.717, 1.165) is 11.1 Å². The predicted octanol–water partition coefficient (Wildman–Crippen LogP) is 3.45. The highest BCUT2D eigenvalue weighted by Crippen LogP contribution is 2.39. The predicted molar refractivity (Wildman–Crippen MR) is 103 cm³/mol. The van der Waals surface area contributed by atoms with Crippen molar-refractivity contribution in [3.63, 3.8) is 0 Å². The second kappa shape index (κ2) is 8.18. The van der Waals surface area contributed by atoms with E-state index >= 15 is 0 Å². The second-order valence-electron chi connectivity index (χ2n) is 6.62. The lowest BCUT2D eigenvalue weighted by molar-refractivity contribution is -0.140. The lowest BCUT2D eigenvalue weighted by atomic mass is 9.95. The number of aliphatic hydroxyl groups excluding tert-OH is 1. The smallest absolute Gasteiger partial charge is 0.295 e. The highest BCUT2D eigenvalue weighted by atomic mass is 16.5. The fraction of sp³-hybridized carbons (Fsp3) is 0.273. The van der Waals surface area contributed by atoms with Crippen LogP contribution >= 0.6 is 0 Å². The normalized spacial score (nSPS) is 18.9. The van der Waals surface area contributed by atoms with E-state index in [-0.39, 0.29) is 11.3 Å². The van der Waals surface area contributed by atoms with Gasteiger partial charge >= 0.3 is 0 Å². The lowest BCUT2D eigenvalue weighted by Gasteiger charge is -2.25. The van der Waals surface area contributed by atoms with Crippen molar-refractivity contribution in [2.75, 3.05) is 20.3 Å². The third kappa shape index (κ3) is 3.78. The molecule has 1 atom stereocenters. The molecule has 1 aliphatic rings. The molecule has 0 spiro atoms. The first-order valence-corrected chi connectivity index (χ1v) is 8.94. The second-order valence-corrected chi connectivity index (χ2v) is 6.62. The van der Waals surface area contributed by atoms with Crippen LogP contribution in [0.4, 0.5) is 0 Å². The standard InChI is InChI=1S/C22H23NO4/c1-15-9-11-17(12-10-15)20(24)18-19(16-7-4-3-5-8-16)23(13-6-14-27-2)22(26)21(18)25/h3-5,7-12,19,24H,6,13-14H2,1-2H3/t19-/m1/s1. The molecule has 0 unspecified atom stereocenters. The molecule has 2 aromatic rings. The Morgan fingerprint density at radius 3 is 2.37 bits per heavy atom. The Morgan fingerprint density at radius 2 is 1.74 bits per heavy atom. The summed E-state index contributed by atoms with van der Waals surface area (Å²) in [5.74, 6) is -1.38. The first-order chi connectivity index (χ1) is 13.0. The zero-order valence-electron chi connectivity index (χ0n) is 15.5. The van der Waals surface area contributed by atoms with E-state index in [1.807, 2.05) is 49.4 Å².